The lowest BCUT2D eigenvalue weighted by molar-refractivity contribution is -0.160. The third kappa shape index (κ3) is 2.63. The first-order valence-corrected chi connectivity index (χ1v) is 11.5. The quantitative estimate of drug-likeness (QED) is 0.481. The molecular formula is C25H32O5. The summed E-state index contributed by atoms with van der Waals surface area (Å²) in [6.07, 6.45) is 11.6. The van der Waals surface area contributed by atoms with Crippen LogP contribution in [0.3, 0.4) is 0 Å². The highest BCUT2D eigenvalue weighted by molar-refractivity contribution is 5.91. The minimum absolute atomic E-state index is 0.0964. The van der Waals surface area contributed by atoms with Gasteiger partial charge in [0.15, 0.2) is 5.78 Å². The van der Waals surface area contributed by atoms with Gasteiger partial charge in [0, 0.05) is 18.3 Å². The molecule has 1 spiro atoms. The predicted molar refractivity (Wildman–Crippen MR) is 110 cm³/mol. The molecule has 0 aromatic carbocycles. The van der Waals surface area contributed by atoms with Crippen molar-refractivity contribution < 1.29 is 23.9 Å². The van der Waals surface area contributed by atoms with E-state index in [1.54, 1.807) is 0 Å². The van der Waals surface area contributed by atoms with E-state index in [1.807, 2.05) is 6.08 Å². The number of carbonyl (C=O) groups excluding carboxylic acids is 3. The first-order valence-electron chi connectivity index (χ1n) is 11.5. The van der Waals surface area contributed by atoms with E-state index >= 15 is 0 Å². The molecule has 162 valence electrons. The molecule has 0 aromatic heterocycles. The summed E-state index contributed by atoms with van der Waals surface area (Å²) in [5, 5.41) is 0. The monoisotopic (exact) mass is 412 g/mol. The van der Waals surface area contributed by atoms with E-state index in [4.69, 9.17) is 9.47 Å². The first-order chi connectivity index (χ1) is 14.3. The van der Waals surface area contributed by atoms with Gasteiger partial charge < -0.3 is 9.47 Å². The molecule has 5 aliphatic rings. The number of esters is 2. The number of ketones is 1. The number of hydrogen-bond donors (Lipinski definition) is 0. The van der Waals surface area contributed by atoms with Crippen molar-refractivity contribution >= 4 is 17.7 Å². The Morgan fingerprint density at radius 3 is 2.70 bits per heavy atom. The normalized spacial score (nSPS) is 47.1. The molecule has 1 saturated heterocycles. The lowest BCUT2D eigenvalue weighted by Gasteiger charge is -2.50. The molecule has 2 saturated carbocycles. The van der Waals surface area contributed by atoms with Crippen molar-refractivity contribution in [1.82, 2.24) is 0 Å². The van der Waals surface area contributed by atoms with Crippen LogP contribution in [0.1, 0.15) is 58.8 Å². The van der Waals surface area contributed by atoms with Gasteiger partial charge in [-0.1, -0.05) is 31.6 Å². The lowest BCUT2D eigenvalue weighted by Crippen LogP contribution is -2.51. The second-order valence-electron chi connectivity index (χ2n) is 10.4. The average molecular weight is 413 g/mol. The molecule has 30 heavy (non-hydrogen) atoms. The van der Waals surface area contributed by atoms with Crippen molar-refractivity contribution in [2.45, 2.75) is 64.4 Å². The molecule has 3 fully saturated rings. The maximum Gasteiger partial charge on any atom is 0.309 e. The fraction of sp³-hybridized carbons (Fsp3) is 0.720. The molecule has 5 rings (SSSR count). The predicted octanol–water partition coefficient (Wildman–Crippen LogP) is 4.02. The zero-order valence-electron chi connectivity index (χ0n) is 18.2. The average Bonchev–Trinajstić information content (AvgIpc) is 3.21. The number of rotatable bonds is 1. The lowest BCUT2D eigenvalue weighted by atomic mass is 9.55. The van der Waals surface area contributed by atoms with Crippen LogP contribution >= 0.6 is 0 Å². The van der Waals surface area contributed by atoms with E-state index in [-0.39, 0.29) is 46.8 Å². The molecule has 5 nitrogen and oxygen atoms in total. The van der Waals surface area contributed by atoms with Crippen LogP contribution in [-0.4, -0.2) is 30.4 Å². The van der Waals surface area contributed by atoms with Crippen molar-refractivity contribution in [1.29, 1.82) is 0 Å². The Kier molecular flexibility index (Phi) is 4.53. The van der Waals surface area contributed by atoms with Crippen LogP contribution in [0.2, 0.25) is 0 Å². The highest BCUT2D eigenvalue weighted by Gasteiger charge is 2.66. The van der Waals surface area contributed by atoms with Crippen molar-refractivity contribution in [3.05, 3.63) is 23.8 Å². The topological polar surface area (TPSA) is 69.7 Å². The number of fused-ring (bicyclic) bond motifs is 5. The highest BCUT2D eigenvalue weighted by Crippen LogP contribution is 2.66. The van der Waals surface area contributed by atoms with Crippen molar-refractivity contribution in [3.8, 4) is 0 Å². The van der Waals surface area contributed by atoms with Gasteiger partial charge in [0.2, 0.25) is 0 Å². The third-order valence-corrected chi connectivity index (χ3v) is 9.42. The van der Waals surface area contributed by atoms with Crippen LogP contribution in [0.5, 0.6) is 0 Å². The summed E-state index contributed by atoms with van der Waals surface area (Å²) in [5.74, 6) is 1.05. The highest BCUT2D eigenvalue weighted by atomic mass is 16.6. The second kappa shape index (κ2) is 6.80. The van der Waals surface area contributed by atoms with Crippen molar-refractivity contribution in [2.24, 2.45) is 40.9 Å². The zero-order valence-corrected chi connectivity index (χ0v) is 18.2. The maximum absolute atomic E-state index is 13.1. The molecule has 0 radical (unpaired) electrons. The molecule has 1 heterocycles. The number of allylic oxidation sites excluding steroid dienone is 3. The van der Waals surface area contributed by atoms with Gasteiger partial charge in [0.25, 0.3) is 0 Å². The Labute approximate surface area is 178 Å². The van der Waals surface area contributed by atoms with Gasteiger partial charge in [-0.3, -0.25) is 14.4 Å². The van der Waals surface area contributed by atoms with Gasteiger partial charge in [0.1, 0.15) is 5.60 Å². The molecule has 5 heteroatoms. The molecule has 8 atom stereocenters. The molecule has 0 bridgehead atoms. The minimum atomic E-state index is -0.436. The van der Waals surface area contributed by atoms with E-state index in [2.05, 4.69) is 26.0 Å². The van der Waals surface area contributed by atoms with E-state index in [0.717, 1.165) is 31.3 Å². The second-order valence-corrected chi connectivity index (χ2v) is 10.4. The summed E-state index contributed by atoms with van der Waals surface area (Å²) in [5.41, 5.74) is 0.444. The summed E-state index contributed by atoms with van der Waals surface area (Å²) < 4.78 is 11.3. The molecular weight excluding hydrogens is 380 g/mol. The van der Waals surface area contributed by atoms with Gasteiger partial charge in [-0.2, -0.15) is 0 Å². The minimum Gasteiger partial charge on any atom is -0.469 e. The Hall–Kier alpha value is -1.91. The standard InChI is InChI=1S/C25H32O5/c1-14-17-5-4-16(26)12-15(17)13-19(23(28)29-3)22-18(14)6-9-24(2)20(22)7-10-25(24)11-8-21(27)30-25/h6,9,12,14,17-20,22H,4-5,7-8,10-11,13H2,1-3H3/t14?,17?,18?,19-,20?,22?,24?,25-/m1/s1. The number of methoxy groups -OCH3 is 1. The number of hydrogen-bond acceptors (Lipinski definition) is 5. The van der Waals surface area contributed by atoms with E-state index in [9.17, 15) is 14.4 Å². The molecule has 0 amide bonds. The van der Waals surface area contributed by atoms with Gasteiger partial charge >= 0.3 is 11.9 Å². The summed E-state index contributed by atoms with van der Waals surface area (Å²) in [6, 6.07) is 0. The van der Waals surface area contributed by atoms with Crippen LogP contribution < -0.4 is 0 Å². The Bertz CT molecular complexity index is 856. The van der Waals surface area contributed by atoms with Crippen LogP contribution in [0, 0.1) is 40.9 Å². The molecule has 0 aromatic rings. The maximum atomic E-state index is 13.1. The van der Waals surface area contributed by atoms with Gasteiger partial charge in [0.05, 0.1) is 13.0 Å². The van der Waals surface area contributed by atoms with Crippen molar-refractivity contribution in [3.63, 3.8) is 0 Å². The smallest absolute Gasteiger partial charge is 0.309 e. The molecule has 0 N–H and O–H groups in total. The van der Waals surface area contributed by atoms with Crippen LogP contribution in [0.15, 0.2) is 23.8 Å². The Morgan fingerprint density at radius 1 is 1.20 bits per heavy atom. The fourth-order valence-electron chi connectivity index (χ4n) is 7.85. The van der Waals surface area contributed by atoms with Crippen LogP contribution in [0.25, 0.3) is 0 Å². The van der Waals surface area contributed by atoms with Crippen molar-refractivity contribution in [2.75, 3.05) is 7.11 Å². The summed E-state index contributed by atoms with van der Waals surface area (Å²) in [4.78, 5) is 37.3. The Balaban J connectivity index is 1.60. The number of ether oxygens (including phenoxy) is 2. The van der Waals surface area contributed by atoms with Gasteiger partial charge in [-0.25, -0.2) is 0 Å². The molecule has 1 aliphatic heterocycles. The SMILES string of the molecule is COC(=O)[C@@H]1CC2=CC(=O)CCC2C(C)C2C=CC3(C)C(CC[C@@]34CCC(=O)O4)C21. The van der Waals surface area contributed by atoms with E-state index in [1.165, 1.54) is 7.11 Å². The van der Waals surface area contributed by atoms with Crippen LogP contribution in [-0.2, 0) is 23.9 Å². The largest absolute Gasteiger partial charge is 0.469 e. The van der Waals surface area contributed by atoms with Gasteiger partial charge in [-0.05, 0) is 67.8 Å². The Morgan fingerprint density at radius 2 is 2.00 bits per heavy atom. The van der Waals surface area contributed by atoms with Crippen LogP contribution in [0.4, 0.5) is 0 Å². The van der Waals surface area contributed by atoms with E-state index in [0.29, 0.717) is 31.1 Å². The summed E-state index contributed by atoms with van der Waals surface area (Å²) in [7, 11) is 1.47. The molecule has 6 unspecified atom stereocenters. The summed E-state index contributed by atoms with van der Waals surface area (Å²) >= 11 is 0. The first kappa shape index (κ1) is 20.0. The zero-order chi connectivity index (χ0) is 21.3. The van der Waals surface area contributed by atoms with Gasteiger partial charge in [-0.15, -0.1) is 0 Å². The van der Waals surface area contributed by atoms with E-state index < -0.39 is 5.60 Å². The summed E-state index contributed by atoms with van der Waals surface area (Å²) in [6.45, 7) is 4.52. The number of carbonyl (C=O) groups is 3. The molecule has 4 aliphatic carbocycles. The fourth-order valence-corrected chi connectivity index (χ4v) is 7.85. The third-order valence-electron chi connectivity index (χ3n) is 9.42.